The number of pyridine rings is 1. The molecule has 1 aromatic carbocycles. The van der Waals surface area contributed by atoms with Crippen LogP contribution in [0.5, 0.6) is 5.75 Å². The van der Waals surface area contributed by atoms with Crippen LogP contribution in [0.25, 0.3) is 11.3 Å². The number of halogens is 2. The van der Waals surface area contributed by atoms with Crippen molar-refractivity contribution in [3.05, 3.63) is 46.6 Å². The van der Waals surface area contributed by atoms with Crippen LogP contribution in [-0.2, 0) is 0 Å². The second kappa shape index (κ2) is 4.73. The van der Waals surface area contributed by atoms with Gasteiger partial charge in [0.1, 0.15) is 5.75 Å². The Bertz CT molecular complexity index is 497. The van der Waals surface area contributed by atoms with E-state index >= 15 is 0 Å². The Morgan fingerprint density at radius 2 is 1.94 bits per heavy atom. The highest BCUT2D eigenvalue weighted by Crippen LogP contribution is 2.32. The predicted molar refractivity (Wildman–Crippen MR) is 66.2 cm³/mol. The largest absolute Gasteiger partial charge is 0.495 e. The molecule has 0 amide bonds. The summed E-state index contributed by atoms with van der Waals surface area (Å²) in [7, 11) is 1.60. The summed E-state index contributed by atoms with van der Waals surface area (Å²) in [5.41, 5.74) is 1.59. The molecule has 0 spiro atoms. The number of ether oxygens (including phenoxy) is 1. The van der Waals surface area contributed by atoms with Gasteiger partial charge in [0.2, 0.25) is 0 Å². The van der Waals surface area contributed by atoms with Gasteiger partial charge in [0.05, 0.1) is 29.0 Å². The highest BCUT2D eigenvalue weighted by Gasteiger charge is 2.07. The van der Waals surface area contributed by atoms with E-state index in [2.05, 4.69) is 4.98 Å². The molecule has 1 aromatic heterocycles. The maximum atomic E-state index is 6.10. The van der Waals surface area contributed by atoms with Gasteiger partial charge in [-0.15, -0.1) is 0 Å². The van der Waals surface area contributed by atoms with E-state index in [1.165, 1.54) is 0 Å². The molecule has 1 heterocycles. The quantitative estimate of drug-likeness (QED) is 0.806. The molecule has 82 valence electrons. The Labute approximate surface area is 104 Å². The van der Waals surface area contributed by atoms with E-state index in [9.17, 15) is 0 Å². The Morgan fingerprint density at radius 3 is 2.56 bits per heavy atom. The summed E-state index contributed by atoms with van der Waals surface area (Å²) in [6, 6.07) is 9.14. The van der Waals surface area contributed by atoms with Gasteiger partial charge in [0.15, 0.2) is 0 Å². The van der Waals surface area contributed by atoms with Gasteiger partial charge in [0, 0.05) is 5.56 Å². The van der Waals surface area contributed by atoms with E-state index in [-0.39, 0.29) is 0 Å². The van der Waals surface area contributed by atoms with Crippen LogP contribution in [0, 0.1) is 0 Å². The Balaban J connectivity index is 2.46. The molecule has 0 saturated carbocycles. The Morgan fingerprint density at radius 1 is 1.12 bits per heavy atom. The van der Waals surface area contributed by atoms with Crippen molar-refractivity contribution in [3.8, 4) is 17.0 Å². The van der Waals surface area contributed by atoms with Gasteiger partial charge in [-0.25, -0.2) is 0 Å². The first-order valence-electron chi connectivity index (χ1n) is 4.67. The fourth-order valence-corrected chi connectivity index (χ4v) is 1.76. The minimum Gasteiger partial charge on any atom is -0.495 e. The van der Waals surface area contributed by atoms with Crippen LogP contribution in [0.3, 0.4) is 0 Å². The van der Waals surface area contributed by atoms with E-state index in [0.717, 1.165) is 11.3 Å². The zero-order valence-corrected chi connectivity index (χ0v) is 10.1. The second-order valence-electron chi connectivity index (χ2n) is 3.18. The molecule has 0 N–H and O–H groups in total. The number of hydrogen-bond acceptors (Lipinski definition) is 2. The van der Waals surface area contributed by atoms with E-state index < -0.39 is 0 Å². The van der Waals surface area contributed by atoms with Crippen LogP contribution >= 0.6 is 23.2 Å². The molecule has 16 heavy (non-hydrogen) atoms. The average molecular weight is 254 g/mol. The Hall–Kier alpha value is -1.25. The lowest BCUT2D eigenvalue weighted by Gasteiger charge is -2.05. The standard InChI is InChI=1S/C12H9Cl2NO/c1-16-8-5-6-11(15-7-8)9-3-2-4-10(13)12(9)14/h2-7H,1H3. The van der Waals surface area contributed by atoms with Gasteiger partial charge < -0.3 is 4.74 Å². The third-order valence-corrected chi connectivity index (χ3v) is 3.02. The third-order valence-electron chi connectivity index (χ3n) is 2.20. The van der Waals surface area contributed by atoms with Crippen LogP contribution in [0.4, 0.5) is 0 Å². The molecule has 0 aliphatic rings. The first kappa shape index (κ1) is 11.2. The van der Waals surface area contributed by atoms with Crippen molar-refractivity contribution >= 4 is 23.2 Å². The second-order valence-corrected chi connectivity index (χ2v) is 3.97. The Kier molecular flexibility index (Phi) is 3.32. The van der Waals surface area contributed by atoms with Crippen molar-refractivity contribution in [1.29, 1.82) is 0 Å². The van der Waals surface area contributed by atoms with Crippen molar-refractivity contribution in [2.24, 2.45) is 0 Å². The predicted octanol–water partition coefficient (Wildman–Crippen LogP) is 4.06. The zero-order chi connectivity index (χ0) is 11.5. The summed E-state index contributed by atoms with van der Waals surface area (Å²) in [6.07, 6.45) is 1.65. The maximum Gasteiger partial charge on any atom is 0.137 e. The van der Waals surface area contributed by atoms with Gasteiger partial charge >= 0.3 is 0 Å². The molecule has 0 aliphatic carbocycles. The zero-order valence-electron chi connectivity index (χ0n) is 8.58. The van der Waals surface area contributed by atoms with Crippen molar-refractivity contribution in [2.75, 3.05) is 7.11 Å². The first-order chi connectivity index (χ1) is 7.72. The summed E-state index contributed by atoms with van der Waals surface area (Å²) in [6.45, 7) is 0. The molecule has 4 heteroatoms. The number of hydrogen-bond donors (Lipinski definition) is 0. The normalized spacial score (nSPS) is 10.2. The molecular weight excluding hydrogens is 245 g/mol. The van der Waals surface area contributed by atoms with Crippen molar-refractivity contribution < 1.29 is 4.74 Å². The number of rotatable bonds is 2. The third kappa shape index (κ3) is 2.13. The molecule has 0 aliphatic heterocycles. The molecule has 0 bridgehead atoms. The van der Waals surface area contributed by atoms with Gasteiger partial charge in [-0.3, -0.25) is 4.98 Å². The number of nitrogens with zero attached hydrogens (tertiary/aromatic N) is 1. The van der Waals surface area contributed by atoms with E-state index in [4.69, 9.17) is 27.9 Å². The van der Waals surface area contributed by atoms with Gasteiger partial charge in [-0.2, -0.15) is 0 Å². The topological polar surface area (TPSA) is 22.1 Å². The van der Waals surface area contributed by atoms with Crippen molar-refractivity contribution in [3.63, 3.8) is 0 Å². The maximum absolute atomic E-state index is 6.10. The van der Waals surface area contributed by atoms with E-state index in [0.29, 0.717) is 15.8 Å². The molecular formula is C12H9Cl2NO. The number of aromatic nitrogens is 1. The average Bonchev–Trinajstić information content (AvgIpc) is 2.33. The molecule has 2 rings (SSSR count). The molecule has 0 atom stereocenters. The summed E-state index contributed by atoms with van der Waals surface area (Å²) in [5, 5.41) is 1.04. The molecule has 0 radical (unpaired) electrons. The molecule has 0 unspecified atom stereocenters. The fraction of sp³-hybridized carbons (Fsp3) is 0.0833. The van der Waals surface area contributed by atoms with Gasteiger partial charge in [0.25, 0.3) is 0 Å². The lowest BCUT2D eigenvalue weighted by Crippen LogP contribution is -1.87. The van der Waals surface area contributed by atoms with Gasteiger partial charge in [-0.05, 0) is 18.2 Å². The van der Waals surface area contributed by atoms with Crippen molar-refractivity contribution in [1.82, 2.24) is 4.98 Å². The van der Waals surface area contributed by atoms with Crippen LogP contribution in [-0.4, -0.2) is 12.1 Å². The molecule has 2 aromatic rings. The van der Waals surface area contributed by atoms with Crippen molar-refractivity contribution in [2.45, 2.75) is 0 Å². The van der Waals surface area contributed by atoms with Crippen LogP contribution in [0.15, 0.2) is 36.5 Å². The first-order valence-corrected chi connectivity index (χ1v) is 5.42. The summed E-state index contributed by atoms with van der Waals surface area (Å²) >= 11 is 12.0. The summed E-state index contributed by atoms with van der Waals surface area (Å²) in [4.78, 5) is 4.25. The van der Waals surface area contributed by atoms with E-state index in [1.807, 2.05) is 24.3 Å². The van der Waals surface area contributed by atoms with Crippen LogP contribution in [0.1, 0.15) is 0 Å². The van der Waals surface area contributed by atoms with E-state index in [1.54, 1.807) is 19.4 Å². The minimum atomic E-state index is 0.516. The summed E-state index contributed by atoms with van der Waals surface area (Å²) in [5.74, 6) is 0.710. The fourth-order valence-electron chi connectivity index (χ4n) is 1.36. The molecule has 0 saturated heterocycles. The SMILES string of the molecule is COc1ccc(-c2cccc(Cl)c2Cl)nc1. The highest BCUT2D eigenvalue weighted by molar-refractivity contribution is 6.43. The minimum absolute atomic E-state index is 0.516. The monoisotopic (exact) mass is 253 g/mol. The number of benzene rings is 1. The lowest BCUT2D eigenvalue weighted by atomic mass is 10.1. The van der Waals surface area contributed by atoms with Gasteiger partial charge in [-0.1, -0.05) is 35.3 Å². The van der Waals surface area contributed by atoms with Crippen LogP contribution in [0.2, 0.25) is 10.0 Å². The smallest absolute Gasteiger partial charge is 0.137 e. The molecule has 2 nitrogen and oxygen atoms in total. The highest BCUT2D eigenvalue weighted by atomic mass is 35.5. The summed E-state index contributed by atoms with van der Waals surface area (Å²) < 4.78 is 5.04. The molecule has 0 fully saturated rings. The lowest BCUT2D eigenvalue weighted by molar-refractivity contribution is 0.413. The number of methoxy groups -OCH3 is 1. The van der Waals surface area contributed by atoms with Crippen LogP contribution < -0.4 is 4.74 Å².